The Hall–Kier alpha value is -6.70. The lowest BCUT2D eigenvalue weighted by atomic mass is 9.67. The third kappa shape index (κ3) is 8.49. The number of imidazole rings is 2. The predicted molar refractivity (Wildman–Crippen MR) is 252 cm³/mol. The number of hydrogen-bond acceptors (Lipinski definition) is 8. The maximum absolute atomic E-state index is 13.7. The number of ether oxygens (including phenoxy) is 2. The predicted octanol–water partition coefficient (Wildman–Crippen LogP) is 9.42. The van der Waals surface area contributed by atoms with Crippen molar-refractivity contribution in [1.29, 1.82) is 0 Å². The summed E-state index contributed by atoms with van der Waals surface area (Å²) in [6.45, 7) is 8.86. The number of carbonyl (C=O) groups excluding carboxylic acids is 4. The molecule has 3 aliphatic carbocycles. The van der Waals surface area contributed by atoms with Gasteiger partial charge in [-0.25, -0.2) is 19.6 Å². The molecule has 2 fully saturated rings. The zero-order valence-electron chi connectivity index (χ0n) is 38.6. The molecule has 6 atom stereocenters. The van der Waals surface area contributed by atoms with Gasteiger partial charge in [-0.15, -0.1) is 0 Å². The van der Waals surface area contributed by atoms with Crippen molar-refractivity contribution in [2.24, 2.45) is 11.8 Å². The van der Waals surface area contributed by atoms with Crippen LogP contribution in [0, 0.1) is 11.8 Å². The normalized spacial score (nSPS) is 20.7. The van der Waals surface area contributed by atoms with Crippen LogP contribution in [0.15, 0.2) is 85.2 Å². The number of hydrogen-bond donors (Lipinski definition) is 4. The monoisotopic (exact) mass is 892 g/mol. The standard InChI is InChI=1S/C52H60N8O6/c1-29(2)45(57-51(63)65-5)49(61)59-25-7-9-41(59)47-53-27-39(55-47)33-15-11-31(12-16-33)37-23-24-38(44-36-21-19-35(20-22-36)43(37)44)32-13-17-34(18-14-32)40-28-54-48(56-40)42-10-8-26-60(42)50(62)46(30(3)4)58-52(64)66-6/h11-19,21,23-24,27-30,35-36,41-42,45-46H,7-10,20,22,25-26H2,1-6H3,(H,53,55)(H,54,56)(H,57,63)(H,58,64)/t35?,36?,41-,42-,45-,46-/m0/s1. The van der Waals surface area contributed by atoms with Gasteiger partial charge in [-0.1, -0.05) is 101 Å². The van der Waals surface area contributed by atoms with E-state index in [1.165, 1.54) is 47.6 Å². The molecular weight excluding hydrogens is 833 g/mol. The van der Waals surface area contributed by atoms with Crippen molar-refractivity contribution in [3.8, 4) is 44.8 Å². The molecule has 4 heterocycles. The zero-order chi connectivity index (χ0) is 46.2. The second kappa shape index (κ2) is 18.7. The van der Waals surface area contributed by atoms with E-state index in [9.17, 15) is 19.2 Å². The number of amides is 4. The summed E-state index contributed by atoms with van der Waals surface area (Å²) < 4.78 is 9.60. The Morgan fingerprint density at radius 3 is 1.30 bits per heavy atom. The topological polar surface area (TPSA) is 175 Å². The van der Waals surface area contributed by atoms with Crippen LogP contribution in [0.4, 0.5) is 9.59 Å². The SMILES string of the molecule is COC(=O)N[C@H](C(=O)N1CCC[C@H]1c1ncc(-c2ccc(-c3ccc(-c4ccc(-c5cnc([C@@H]6CCCN6C(=O)[C@@H](NC(=O)OC)C(C)C)[nH]5)cc4)c4c3C3C=CC4CC3)cc2)[nH]1)C(C)C. The number of benzene rings is 3. The third-order valence-corrected chi connectivity index (χ3v) is 14.1. The lowest BCUT2D eigenvalue weighted by Crippen LogP contribution is -2.51. The number of methoxy groups -OCH3 is 2. The molecular formula is C52H60N8O6. The van der Waals surface area contributed by atoms with E-state index in [0.29, 0.717) is 24.9 Å². The van der Waals surface area contributed by atoms with Crippen LogP contribution in [0.3, 0.4) is 0 Å². The van der Waals surface area contributed by atoms with E-state index < -0.39 is 24.3 Å². The van der Waals surface area contributed by atoms with Crippen molar-refractivity contribution in [1.82, 2.24) is 40.4 Å². The molecule has 14 heteroatoms. The highest BCUT2D eigenvalue weighted by molar-refractivity contribution is 5.87. The lowest BCUT2D eigenvalue weighted by molar-refractivity contribution is -0.136. The first kappa shape index (κ1) is 44.5. The van der Waals surface area contributed by atoms with Crippen LogP contribution in [-0.4, -0.2) is 93.1 Å². The fourth-order valence-corrected chi connectivity index (χ4v) is 10.6. The maximum Gasteiger partial charge on any atom is 0.407 e. The third-order valence-electron chi connectivity index (χ3n) is 14.1. The summed E-state index contributed by atoms with van der Waals surface area (Å²) in [4.78, 5) is 71.7. The second-order valence-corrected chi connectivity index (χ2v) is 18.8. The number of carbonyl (C=O) groups is 4. The molecule has 0 spiro atoms. The summed E-state index contributed by atoms with van der Waals surface area (Å²) >= 11 is 0. The second-order valence-electron chi connectivity index (χ2n) is 18.8. The van der Waals surface area contributed by atoms with Gasteiger partial charge in [0.2, 0.25) is 11.8 Å². The number of nitrogens with zero attached hydrogens (tertiary/aromatic N) is 4. The lowest BCUT2D eigenvalue weighted by Gasteiger charge is -2.37. The van der Waals surface area contributed by atoms with Gasteiger partial charge in [0, 0.05) is 24.9 Å². The van der Waals surface area contributed by atoms with Crippen LogP contribution in [0.2, 0.25) is 0 Å². The van der Waals surface area contributed by atoms with Gasteiger partial charge in [0.05, 0.1) is 50.1 Å². The fraction of sp³-hybridized carbons (Fsp3) is 0.423. The van der Waals surface area contributed by atoms with Crippen LogP contribution in [-0.2, 0) is 19.1 Å². The van der Waals surface area contributed by atoms with Crippen molar-refractivity contribution < 1.29 is 28.7 Å². The minimum absolute atomic E-state index is 0.105. The van der Waals surface area contributed by atoms with Gasteiger partial charge in [-0.3, -0.25) is 9.59 Å². The number of aromatic nitrogens is 4. The Balaban J connectivity index is 0.924. The highest BCUT2D eigenvalue weighted by Gasteiger charge is 2.39. The van der Waals surface area contributed by atoms with Gasteiger partial charge in [0.1, 0.15) is 23.7 Å². The van der Waals surface area contributed by atoms with Crippen LogP contribution >= 0.6 is 0 Å². The minimum Gasteiger partial charge on any atom is -0.453 e. The first-order valence-corrected chi connectivity index (χ1v) is 23.4. The largest absolute Gasteiger partial charge is 0.453 e. The van der Waals surface area contributed by atoms with E-state index in [4.69, 9.17) is 19.4 Å². The van der Waals surface area contributed by atoms with Gasteiger partial charge in [0.15, 0.2) is 0 Å². The maximum atomic E-state index is 13.7. The smallest absolute Gasteiger partial charge is 0.407 e. The van der Waals surface area contributed by atoms with E-state index >= 15 is 0 Å². The molecule has 0 radical (unpaired) electrons. The van der Waals surface area contributed by atoms with Crippen molar-refractivity contribution in [3.05, 3.63) is 108 Å². The Bertz CT molecular complexity index is 2450. The van der Waals surface area contributed by atoms with E-state index in [2.05, 4.69) is 93.4 Å². The Kier molecular flexibility index (Phi) is 12.6. The molecule has 2 unspecified atom stereocenters. The molecule has 10 rings (SSSR count). The summed E-state index contributed by atoms with van der Waals surface area (Å²) in [5.41, 5.74) is 11.5. The number of rotatable bonds is 12. The molecule has 344 valence electrons. The van der Waals surface area contributed by atoms with Crippen molar-refractivity contribution >= 4 is 24.0 Å². The minimum atomic E-state index is -0.687. The average Bonchev–Trinajstić information content (AvgIpc) is 4.20. The van der Waals surface area contributed by atoms with Crippen LogP contribution in [0.25, 0.3) is 44.8 Å². The van der Waals surface area contributed by atoms with Crippen LogP contribution in [0.5, 0.6) is 0 Å². The van der Waals surface area contributed by atoms with Gasteiger partial charge in [-0.05, 0) is 94.9 Å². The Morgan fingerprint density at radius 1 is 0.576 bits per heavy atom. The summed E-state index contributed by atoms with van der Waals surface area (Å²) in [6.07, 6.45) is 12.8. The number of alkyl carbamates (subject to hydrolysis) is 2. The molecule has 2 aromatic heterocycles. The number of fused-ring (bicyclic) bond motifs is 1. The highest BCUT2D eigenvalue weighted by atomic mass is 16.5. The van der Waals surface area contributed by atoms with Gasteiger partial charge in [-0.2, -0.15) is 0 Å². The van der Waals surface area contributed by atoms with E-state index in [1.807, 2.05) is 49.9 Å². The summed E-state index contributed by atoms with van der Waals surface area (Å²) in [6, 6.07) is 20.1. The number of aromatic amines is 2. The molecule has 2 bridgehead atoms. The average molecular weight is 893 g/mol. The molecule has 14 nitrogen and oxygen atoms in total. The van der Waals surface area contributed by atoms with Crippen molar-refractivity contribution in [2.45, 2.75) is 102 Å². The Labute approximate surface area is 386 Å². The quantitative estimate of drug-likeness (QED) is 0.0897. The molecule has 5 aromatic rings. The van der Waals surface area contributed by atoms with Crippen molar-refractivity contribution in [2.75, 3.05) is 27.3 Å². The molecule has 3 aromatic carbocycles. The first-order chi connectivity index (χ1) is 31.9. The van der Waals surface area contributed by atoms with E-state index in [0.717, 1.165) is 72.7 Å². The molecule has 66 heavy (non-hydrogen) atoms. The Morgan fingerprint density at radius 2 is 0.955 bits per heavy atom. The zero-order valence-corrected chi connectivity index (χ0v) is 38.6. The van der Waals surface area contributed by atoms with Crippen LogP contribution < -0.4 is 10.6 Å². The summed E-state index contributed by atoms with van der Waals surface area (Å²) in [5, 5.41) is 5.45. The first-order valence-electron chi connectivity index (χ1n) is 23.4. The number of likely N-dealkylation sites (tertiary alicyclic amines) is 2. The molecule has 0 saturated carbocycles. The fourth-order valence-electron chi connectivity index (χ4n) is 10.6. The molecule has 5 aliphatic rings. The number of nitrogens with one attached hydrogen (secondary N) is 4. The van der Waals surface area contributed by atoms with Crippen LogP contribution in [0.1, 0.15) is 113 Å². The van der Waals surface area contributed by atoms with E-state index in [-0.39, 0.29) is 35.7 Å². The molecule has 2 saturated heterocycles. The number of allylic oxidation sites excluding steroid dienone is 2. The van der Waals surface area contributed by atoms with Gasteiger partial charge < -0.3 is 39.9 Å². The van der Waals surface area contributed by atoms with Gasteiger partial charge >= 0.3 is 12.2 Å². The molecule has 4 N–H and O–H groups in total. The van der Waals surface area contributed by atoms with E-state index in [1.54, 1.807) is 0 Å². The van der Waals surface area contributed by atoms with Crippen molar-refractivity contribution in [3.63, 3.8) is 0 Å². The summed E-state index contributed by atoms with van der Waals surface area (Å²) in [7, 11) is 2.60. The molecule has 2 aliphatic heterocycles. The number of H-pyrrole nitrogens is 2. The van der Waals surface area contributed by atoms with Gasteiger partial charge in [0.25, 0.3) is 0 Å². The summed E-state index contributed by atoms with van der Waals surface area (Å²) in [5.74, 6) is 1.71. The highest BCUT2D eigenvalue weighted by Crippen LogP contribution is 2.52. The molecule has 4 amide bonds.